The van der Waals surface area contributed by atoms with Crippen LogP contribution in [0.5, 0.6) is 0 Å². The van der Waals surface area contributed by atoms with E-state index < -0.39 is 0 Å². The van der Waals surface area contributed by atoms with Crippen LogP contribution in [0.15, 0.2) is 39.5 Å². The van der Waals surface area contributed by atoms with Crippen molar-refractivity contribution in [1.82, 2.24) is 4.90 Å². The van der Waals surface area contributed by atoms with Gasteiger partial charge in [0.2, 0.25) is 0 Å². The highest BCUT2D eigenvalue weighted by molar-refractivity contribution is 9.10. The molecule has 1 aromatic heterocycles. The van der Waals surface area contributed by atoms with Crippen molar-refractivity contribution in [1.29, 1.82) is 0 Å². The predicted molar refractivity (Wildman–Crippen MR) is 73.6 cm³/mol. The molecule has 1 heterocycles. The second-order valence-electron chi connectivity index (χ2n) is 4.04. The quantitative estimate of drug-likeness (QED) is 0.814. The number of benzene rings is 1. The van der Waals surface area contributed by atoms with Crippen molar-refractivity contribution in [3.63, 3.8) is 0 Å². The molecule has 1 nitrogen and oxygen atoms in total. The maximum atomic E-state index is 13.6. The Hall–Kier alpha value is -0.710. The molecule has 0 aliphatic heterocycles. The minimum absolute atomic E-state index is 0.156. The summed E-state index contributed by atoms with van der Waals surface area (Å²) in [6.45, 7) is 1.47. The van der Waals surface area contributed by atoms with Crippen molar-refractivity contribution < 1.29 is 4.39 Å². The molecule has 0 amide bonds. The summed E-state index contributed by atoms with van der Waals surface area (Å²) in [6.07, 6.45) is 0. The maximum Gasteiger partial charge on any atom is 0.128 e. The highest BCUT2D eigenvalue weighted by Gasteiger charge is 2.07. The highest BCUT2D eigenvalue weighted by atomic mass is 79.9. The van der Waals surface area contributed by atoms with E-state index in [0.29, 0.717) is 6.54 Å². The Morgan fingerprint density at radius 1 is 1.29 bits per heavy atom. The van der Waals surface area contributed by atoms with Gasteiger partial charge in [-0.15, -0.1) is 0 Å². The van der Waals surface area contributed by atoms with Crippen molar-refractivity contribution in [2.45, 2.75) is 13.1 Å². The Morgan fingerprint density at radius 3 is 2.76 bits per heavy atom. The topological polar surface area (TPSA) is 3.24 Å². The Labute approximate surface area is 113 Å². The molecule has 2 rings (SSSR count). The Kier molecular flexibility index (Phi) is 4.31. The minimum atomic E-state index is -0.156. The van der Waals surface area contributed by atoms with Gasteiger partial charge in [0.1, 0.15) is 5.82 Å². The number of nitrogens with zero attached hydrogens (tertiary/aromatic N) is 1. The van der Waals surface area contributed by atoms with E-state index in [4.69, 9.17) is 0 Å². The van der Waals surface area contributed by atoms with Crippen LogP contribution < -0.4 is 0 Å². The molecule has 0 spiro atoms. The second-order valence-corrected chi connectivity index (χ2v) is 5.74. The van der Waals surface area contributed by atoms with Crippen LogP contribution in [-0.4, -0.2) is 11.9 Å². The number of thiophene rings is 1. The van der Waals surface area contributed by atoms with E-state index in [-0.39, 0.29) is 5.82 Å². The average Bonchev–Trinajstić information content (AvgIpc) is 2.75. The molecule has 0 aliphatic carbocycles. The summed E-state index contributed by atoms with van der Waals surface area (Å²) in [4.78, 5) is 2.11. The molecule has 90 valence electrons. The molecule has 0 saturated carbocycles. The lowest BCUT2D eigenvalue weighted by Crippen LogP contribution is -2.17. The first-order chi connectivity index (χ1) is 8.15. The Balaban J connectivity index is 2.00. The Morgan fingerprint density at radius 2 is 2.12 bits per heavy atom. The molecule has 1 aromatic carbocycles. The molecule has 0 N–H and O–H groups in total. The van der Waals surface area contributed by atoms with Crippen LogP contribution in [0.4, 0.5) is 4.39 Å². The molecule has 17 heavy (non-hydrogen) atoms. The van der Waals surface area contributed by atoms with Crippen LogP contribution in [0.2, 0.25) is 0 Å². The molecular formula is C13H13BrFNS. The molecule has 0 aliphatic rings. The molecule has 0 atom stereocenters. The number of halogens is 2. The van der Waals surface area contributed by atoms with E-state index >= 15 is 0 Å². The third-order valence-electron chi connectivity index (χ3n) is 2.49. The van der Waals surface area contributed by atoms with Crippen LogP contribution in [0.1, 0.15) is 11.1 Å². The van der Waals surface area contributed by atoms with E-state index in [2.05, 4.69) is 37.7 Å². The van der Waals surface area contributed by atoms with Crippen molar-refractivity contribution in [2.75, 3.05) is 7.05 Å². The minimum Gasteiger partial charge on any atom is -0.298 e. The van der Waals surface area contributed by atoms with E-state index in [0.717, 1.165) is 16.6 Å². The van der Waals surface area contributed by atoms with E-state index in [9.17, 15) is 4.39 Å². The summed E-state index contributed by atoms with van der Waals surface area (Å²) in [5.74, 6) is -0.156. The van der Waals surface area contributed by atoms with Gasteiger partial charge in [-0.1, -0.05) is 22.0 Å². The largest absolute Gasteiger partial charge is 0.298 e. The first-order valence-corrected chi connectivity index (χ1v) is 7.02. The lowest BCUT2D eigenvalue weighted by atomic mass is 10.2. The van der Waals surface area contributed by atoms with Gasteiger partial charge in [0.05, 0.1) is 0 Å². The van der Waals surface area contributed by atoms with E-state index in [1.807, 2.05) is 19.2 Å². The summed E-state index contributed by atoms with van der Waals surface area (Å²) >= 11 is 4.94. The molecule has 0 saturated heterocycles. The highest BCUT2D eigenvalue weighted by Crippen LogP contribution is 2.17. The second kappa shape index (κ2) is 5.76. The first-order valence-electron chi connectivity index (χ1n) is 5.28. The molecule has 0 unspecified atom stereocenters. The zero-order valence-corrected chi connectivity index (χ0v) is 11.9. The lowest BCUT2D eigenvalue weighted by Gasteiger charge is -2.16. The fraction of sp³-hybridized carbons (Fsp3) is 0.231. The smallest absolute Gasteiger partial charge is 0.128 e. The molecular weight excluding hydrogens is 301 g/mol. The van der Waals surface area contributed by atoms with Crippen molar-refractivity contribution in [3.8, 4) is 0 Å². The molecule has 0 radical (unpaired) electrons. The van der Waals surface area contributed by atoms with Gasteiger partial charge in [-0.3, -0.25) is 4.90 Å². The first kappa shape index (κ1) is 12.7. The van der Waals surface area contributed by atoms with Gasteiger partial charge in [-0.2, -0.15) is 11.3 Å². The van der Waals surface area contributed by atoms with Gasteiger partial charge in [-0.05, 0) is 41.6 Å². The fourth-order valence-corrected chi connectivity index (χ4v) is 2.68. The summed E-state index contributed by atoms with van der Waals surface area (Å²) < 4.78 is 14.4. The number of hydrogen-bond donors (Lipinski definition) is 0. The van der Waals surface area contributed by atoms with Gasteiger partial charge in [-0.25, -0.2) is 4.39 Å². The van der Waals surface area contributed by atoms with Gasteiger partial charge in [0.15, 0.2) is 0 Å². The average molecular weight is 314 g/mol. The van der Waals surface area contributed by atoms with E-state index in [1.54, 1.807) is 11.3 Å². The van der Waals surface area contributed by atoms with Gasteiger partial charge in [0.25, 0.3) is 0 Å². The molecule has 0 fully saturated rings. The third kappa shape index (κ3) is 3.63. The normalized spacial score (nSPS) is 11.1. The van der Waals surface area contributed by atoms with Crippen molar-refractivity contribution in [2.24, 2.45) is 0 Å². The number of hydrogen-bond acceptors (Lipinski definition) is 2. The van der Waals surface area contributed by atoms with Gasteiger partial charge >= 0.3 is 0 Å². The van der Waals surface area contributed by atoms with Gasteiger partial charge < -0.3 is 0 Å². The van der Waals surface area contributed by atoms with Gasteiger partial charge in [0, 0.05) is 23.1 Å². The maximum absolute atomic E-state index is 13.6. The van der Waals surface area contributed by atoms with Crippen LogP contribution >= 0.6 is 27.3 Å². The van der Waals surface area contributed by atoms with Crippen molar-refractivity contribution >= 4 is 27.3 Å². The number of rotatable bonds is 4. The predicted octanol–water partition coefficient (Wildman–Crippen LogP) is 4.28. The lowest BCUT2D eigenvalue weighted by molar-refractivity contribution is 0.314. The summed E-state index contributed by atoms with van der Waals surface area (Å²) in [5, 5.41) is 4.18. The standard InChI is InChI=1S/C13H13BrFNS/c1-16(7-10-4-5-17-9-10)8-11-2-3-12(14)6-13(11)15/h2-6,9H,7-8H2,1H3. The zero-order valence-electron chi connectivity index (χ0n) is 9.49. The summed E-state index contributed by atoms with van der Waals surface area (Å²) in [7, 11) is 2.00. The van der Waals surface area contributed by atoms with Crippen LogP contribution in [0, 0.1) is 5.82 Å². The van der Waals surface area contributed by atoms with Crippen LogP contribution in [0.3, 0.4) is 0 Å². The van der Waals surface area contributed by atoms with Crippen molar-refractivity contribution in [3.05, 3.63) is 56.4 Å². The SMILES string of the molecule is CN(Cc1ccsc1)Cc1ccc(Br)cc1F. The van der Waals surface area contributed by atoms with Crippen LogP contribution in [0.25, 0.3) is 0 Å². The monoisotopic (exact) mass is 313 g/mol. The third-order valence-corrected chi connectivity index (χ3v) is 3.71. The summed E-state index contributed by atoms with van der Waals surface area (Å²) in [6, 6.07) is 7.30. The zero-order chi connectivity index (χ0) is 12.3. The van der Waals surface area contributed by atoms with Crippen LogP contribution in [-0.2, 0) is 13.1 Å². The molecule has 2 aromatic rings. The molecule has 4 heteroatoms. The fourth-order valence-electron chi connectivity index (χ4n) is 1.69. The summed E-state index contributed by atoms with van der Waals surface area (Å²) in [5.41, 5.74) is 2.00. The Bertz CT molecular complexity index is 484. The van der Waals surface area contributed by atoms with E-state index in [1.165, 1.54) is 11.6 Å². The molecule has 0 bridgehead atoms.